The van der Waals surface area contributed by atoms with E-state index < -0.39 is 35.4 Å². The number of amides is 2. The molecule has 0 saturated heterocycles. The molecule has 8 nitrogen and oxygen atoms in total. The largest absolute Gasteiger partial charge is 0.467 e. The first-order valence-corrected chi connectivity index (χ1v) is 8.41. The van der Waals surface area contributed by atoms with Crippen LogP contribution >= 0.6 is 0 Å². The number of methoxy groups -OCH3 is 1. The van der Waals surface area contributed by atoms with Gasteiger partial charge in [-0.1, -0.05) is 12.2 Å². The second-order valence-corrected chi connectivity index (χ2v) is 7.60. The van der Waals surface area contributed by atoms with Crippen molar-refractivity contribution in [1.82, 2.24) is 4.90 Å². The van der Waals surface area contributed by atoms with Crippen molar-refractivity contribution in [3.63, 3.8) is 0 Å². The fourth-order valence-corrected chi connectivity index (χ4v) is 1.89. The first-order chi connectivity index (χ1) is 11.8. The van der Waals surface area contributed by atoms with E-state index in [1.54, 1.807) is 47.6 Å². The van der Waals surface area contributed by atoms with Gasteiger partial charge in [0.2, 0.25) is 0 Å². The number of carbonyl (C=O) groups excluding carboxylic acids is 3. The van der Waals surface area contributed by atoms with Crippen LogP contribution < -0.4 is 0 Å². The Bertz CT molecular complexity index is 487. The summed E-state index contributed by atoms with van der Waals surface area (Å²) in [5.74, 6) is -0.765. The van der Waals surface area contributed by atoms with Crippen molar-refractivity contribution in [3.05, 3.63) is 12.2 Å². The second-order valence-electron chi connectivity index (χ2n) is 7.60. The van der Waals surface area contributed by atoms with Gasteiger partial charge in [-0.3, -0.25) is 0 Å². The summed E-state index contributed by atoms with van der Waals surface area (Å²) in [6.45, 7) is 9.74. The Balaban J connectivity index is 5.69. The van der Waals surface area contributed by atoms with Crippen molar-refractivity contribution in [1.29, 1.82) is 0 Å². The fourth-order valence-electron chi connectivity index (χ4n) is 1.89. The van der Waals surface area contributed by atoms with Crippen molar-refractivity contribution in [2.45, 2.75) is 71.6 Å². The van der Waals surface area contributed by atoms with Crippen LogP contribution in [0.2, 0.25) is 0 Å². The Hall–Kier alpha value is -2.09. The van der Waals surface area contributed by atoms with Crippen molar-refractivity contribution in [2.24, 2.45) is 0 Å². The third-order valence-electron chi connectivity index (χ3n) is 2.84. The maximum Gasteiger partial charge on any atom is 0.420 e. The molecule has 26 heavy (non-hydrogen) atoms. The molecule has 1 atom stereocenters. The zero-order valence-corrected chi connectivity index (χ0v) is 16.7. The van der Waals surface area contributed by atoms with Gasteiger partial charge in [-0.15, -0.1) is 0 Å². The Morgan fingerprint density at radius 3 is 1.77 bits per heavy atom. The molecule has 0 aliphatic heterocycles. The van der Waals surface area contributed by atoms with Crippen LogP contribution in [0.4, 0.5) is 9.59 Å². The summed E-state index contributed by atoms with van der Waals surface area (Å²) in [5.41, 5.74) is -1.73. The quantitative estimate of drug-likeness (QED) is 0.434. The van der Waals surface area contributed by atoms with Gasteiger partial charge in [0.05, 0.1) is 13.7 Å². The normalized spacial score (nSPS) is 13.2. The lowest BCUT2D eigenvalue weighted by Crippen LogP contribution is -2.52. The number of aliphatic hydroxyl groups is 1. The van der Waals surface area contributed by atoms with E-state index in [4.69, 9.17) is 19.3 Å². The van der Waals surface area contributed by atoms with Crippen molar-refractivity contribution in [3.8, 4) is 0 Å². The smallest absolute Gasteiger partial charge is 0.420 e. The molecule has 0 aliphatic rings. The lowest BCUT2D eigenvalue weighted by molar-refractivity contribution is -0.146. The minimum Gasteiger partial charge on any atom is -0.467 e. The molecule has 1 N–H and O–H groups in total. The molecule has 0 aromatic rings. The van der Waals surface area contributed by atoms with Gasteiger partial charge in [0.1, 0.15) is 17.2 Å². The van der Waals surface area contributed by atoms with Gasteiger partial charge < -0.3 is 19.3 Å². The van der Waals surface area contributed by atoms with E-state index in [-0.39, 0.29) is 13.0 Å². The molecule has 0 spiro atoms. The Morgan fingerprint density at radius 2 is 1.42 bits per heavy atom. The van der Waals surface area contributed by atoms with Crippen LogP contribution in [0.1, 0.15) is 54.4 Å². The van der Waals surface area contributed by atoms with Crippen molar-refractivity contribution in [2.75, 3.05) is 13.7 Å². The van der Waals surface area contributed by atoms with E-state index >= 15 is 0 Å². The van der Waals surface area contributed by atoms with E-state index in [1.807, 2.05) is 0 Å². The number of allylic oxidation sites excluding steroid dienone is 1. The lowest BCUT2D eigenvalue weighted by Gasteiger charge is -2.32. The minimum absolute atomic E-state index is 0.0989. The Labute approximate surface area is 155 Å². The zero-order valence-electron chi connectivity index (χ0n) is 16.7. The van der Waals surface area contributed by atoms with E-state index in [0.717, 1.165) is 0 Å². The van der Waals surface area contributed by atoms with E-state index in [0.29, 0.717) is 11.3 Å². The second kappa shape index (κ2) is 10.2. The third-order valence-corrected chi connectivity index (χ3v) is 2.84. The van der Waals surface area contributed by atoms with Gasteiger partial charge >= 0.3 is 18.2 Å². The number of ether oxygens (including phenoxy) is 3. The van der Waals surface area contributed by atoms with E-state index in [1.165, 1.54) is 13.2 Å². The highest BCUT2D eigenvalue weighted by Crippen LogP contribution is 2.20. The molecule has 0 aromatic carbocycles. The highest BCUT2D eigenvalue weighted by atomic mass is 16.6. The molecule has 0 fully saturated rings. The number of imide groups is 1. The maximum absolute atomic E-state index is 12.6. The summed E-state index contributed by atoms with van der Waals surface area (Å²) in [6, 6.07) is -1.21. The van der Waals surface area contributed by atoms with Gasteiger partial charge in [-0.2, -0.15) is 4.90 Å². The third kappa shape index (κ3) is 9.41. The predicted molar refractivity (Wildman–Crippen MR) is 95.6 cm³/mol. The van der Waals surface area contributed by atoms with Gasteiger partial charge in [-0.25, -0.2) is 14.4 Å². The van der Waals surface area contributed by atoms with Crippen LogP contribution in [0, 0.1) is 0 Å². The number of hydrogen-bond acceptors (Lipinski definition) is 7. The van der Waals surface area contributed by atoms with Crippen LogP contribution in [0.3, 0.4) is 0 Å². The van der Waals surface area contributed by atoms with E-state index in [9.17, 15) is 14.4 Å². The van der Waals surface area contributed by atoms with Gasteiger partial charge in [0, 0.05) is 0 Å². The monoisotopic (exact) mass is 373 g/mol. The molecule has 0 unspecified atom stereocenters. The number of aliphatic hydroxyl groups excluding tert-OH is 1. The molecule has 8 heteroatoms. The summed E-state index contributed by atoms with van der Waals surface area (Å²) in [7, 11) is 1.17. The number of carbonyl (C=O) groups is 3. The molecule has 0 radical (unpaired) electrons. The maximum atomic E-state index is 12.6. The summed E-state index contributed by atoms with van der Waals surface area (Å²) in [4.78, 5) is 38.0. The molecule has 0 heterocycles. The van der Waals surface area contributed by atoms with Gasteiger partial charge in [0.15, 0.2) is 0 Å². The number of esters is 1. The first kappa shape index (κ1) is 23.9. The molecular weight excluding hydrogens is 342 g/mol. The van der Waals surface area contributed by atoms with Crippen LogP contribution in [0.25, 0.3) is 0 Å². The first-order valence-electron chi connectivity index (χ1n) is 8.41. The van der Waals surface area contributed by atoms with Gasteiger partial charge in [0.25, 0.3) is 0 Å². The van der Waals surface area contributed by atoms with Crippen LogP contribution in [0.5, 0.6) is 0 Å². The summed E-state index contributed by atoms with van der Waals surface area (Å²) in [5, 5.41) is 8.79. The molecule has 0 rings (SSSR count). The number of rotatable bonds is 6. The Kier molecular flexibility index (Phi) is 9.34. The van der Waals surface area contributed by atoms with Crippen LogP contribution in [0.15, 0.2) is 12.2 Å². The molecule has 0 bridgehead atoms. The highest BCUT2D eigenvalue weighted by Gasteiger charge is 2.40. The molecule has 0 saturated carbocycles. The number of hydrogen-bond donors (Lipinski definition) is 1. The topological polar surface area (TPSA) is 102 Å². The molecule has 0 aliphatic carbocycles. The molecule has 2 amide bonds. The van der Waals surface area contributed by atoms with Crippen LogP contribution in [-0.2, 0) is 19.0 Å². The standard InChI is InChI=1S/C18H31NO7/c1-17(2,3)25-15(22)19(16(23)26-18(4,5)6)13(14(21)24-7)11-9-8-10-12-20/h8,10,13,20H,9,11-12H2,1-7H3/b10-8-/t13-/m0/s1. The van der Waals surface area contributed by atoms with Crippen molar-refractivity contribution >= 4 is 18.2 Å². The molecule has 150 valence electrons. The van der Waals surface area contributed by atoms with E-state index in [2.05, 4.69) is 0 Å². The fraction of sp³-hybridized carbons (Fsp3) is 0.722. The minimum atomic E-state index is -1.21. The number of nitrogens with zero attached hydrogens (tertiary/aromatic N) is 1. The summed E-state index contributed by atoms with van der Waals surface area (Å²) >= 11 is 0. The average Bonchev–Trinajstić information content (AvgIpc) is 2.45. The summed E-state index contributed by atoms with van der Waals surface area (Å²) in [6.07, 6.45) is 1.59. The zero-order chi connectivity index (χ0) is 20.5. The Morgan fingerprint density at radius 1 is 0.962 bits per heavy atom. The predicted octanol–water partition coefficient (Wildman–Crippen LogP) is 3.03. The van der Waals surface area contributed by atoms with Crippen molar-refractivity contribution < 1.29 is 33.7 Å². The molecule has 0 aromatic heterocycles. The molecular formula is C18H31NO7. The lowest BCUT2D eigenvalue weighted by atomic mass is 10.1. The SMILES string of the molecule is COC(=O)[C@H](CC/C=C\CO)N(C(=O)OC(C)(C)C)C(=O)OC(C)(C)C. The summed E-state index contributed by atoms with van der Waals surface area (Å²) < 4.78 is 15.3. The average molecular weight is 373 g/mol. The van der Waals surface area contributed by atoms with Gasteiger partial charge in [-0.05, 0) is 54.4 Å². The van der Waals surface area contributed by atoms with Crippen LogP contribution in [-0.4, -0.2) is 59.1 Å². The highest BCUT2D eigenvalue weighted by molar-refractivity contribution is 5.94.